The van der Waals surface area contributed by atoms with E-state index < -0.39 is 53.8 Å². The normalized spacial score (nSPS) is 14.4. The van der Waals surface area contributed by atoms with E-state index in [9.17, 15) is 29.1 Å². The summed E-state index contributed by atoms with van der Waals surface area (Å²) in [5, 5.41) is 17.3. The molecule has 206 valence electrons. The smallest absolute Gasteiger partial charge is 0.326 e. The zero-order valence-corrected chi connectivity index (χ0v) is 22.0. The van der Waals surface area contributed by atoms with Crippen molar-refractivity contribution in [1.82, 2.24) is 16.0 Å². The molecule has 37 heavy (non-hydrogen) atoms. The third-order valence-corrected chi connectivity index (χ3v) is 5.61. The van der Waals surface area contributed by atoms with Crippen LogP contribution in [0.4, 0.5) is 0 Å². The van der Waals surface area contributed by atoms with Gasteiger partial charge in [0.2, 0.25) is 23.6 Å². The highest BCUT2D eigenvalue weighted by Crippen LogP contribution is 2.10. The van der Waals surface area contributed by atoms with Gasteiger partial charge in [0, 0.05) is 12.8 Å². The Kier molecular flexibility index (Phi) is 13.3. The Hall–Kier alpha value is -3.47. The average molecular weight is 520 g/mol. The van der Waals surface area contributed by atoms with Crippen LogP contribution in [0.1, 0.15) is 58.9 Å². The van der Waals surface area contributed by atoms with Gasteiger partial charge in [-0.2, -0.15) is 0 Å². The predicted molar refractivity (Wildman–Crippen MR) is 139 cm³/mol. The topological polar surface area (TPSA) is 194 Å². The first-order valence-corrected chi connectivity index (χ1v) is 12.5. The number of hydrogen-bond donors (Lipinski definition) is 6. The van der Waals surface area contributed by atoms with Crippen molar-refractivity contribution in [2.45, 2.75) is 84.0 Å². The van der Waals surface area contributed by atoms with Crippen LogP contribution < -0.4 is 27.4 Å². The molecule has 0 aliphatic rings. The first-order valence-electron chi connectivity index (χ1n) is 12.5. The van der Waals surface area contributed by atoms with Crippen LogP contribution in [-0.4, -0.2) is 58.9 Å². The number of amides is 4. The summed E-state index contributed by atoms with van der Waals surface area (Å²) in [6, 6.07) is 4.57. The van der Waals surface area contributed by atoms with Gasteiger partial charge in [-0.05, 0) is 36.7 Å². The molecule has 4 atom stereocenters. The standard InChI is InChI=1S/C26H41N5O6/c1-15(2)12-18(27)23(33)29-19(10-11-22(28)32)24(34)30-20(13-16(3)4)25(35)31-21(26(36)37)14-17-8-6-5-7-9-17/h5-9,15-16,18-21H,10-14,27H2,1-4H3,(H2,28,32)(H,29,33)(H,30,34)(H,31,35)(H,36,37). The van der Waals surface area contributed by atoms with E-state index in [1.165, 1.54) is 0 Å². The molecule has 0 aliphatic heterocycles. The van der Waals surface area contributed by atoms with E-state index in [1.54, 1.807) is 30.3 Å². The Bertz CT molecular complexity index is 921. The van der Waals surface area contributed by atoms with Crippen molar-refractivity contribution in [2.75, 3.05) is 0 Å². The van der Waals surface area contributed by atoms with Crippen LogP contribution >= 0.6 is 0 Å². The van der Waals surface area contributed by atoms with Gasteiger partial charge in [0.25, 0.3) is 0 Å². The van der Waals surface area contributed by atoms with Gasteiger partial charge in [-0.25, -0.2) is 4.79 Å². The Balaban J connectivity index is 3.02. The van der Waals surface area contributed by atoms with Gasteiger partial charge >= 0.3 is 5.97 Å². The Labute approximate surface area is 218 Å². The zero-order chi connectivity index (χ0) is 28.1. The molecule has 0 saturated carbocycles. The molecular weight excluding hydrogens is 478 g/mol. The average Bonchev–Trinajstić information content (AvgIpc) is 2.80. The Morgan fingerprint density at radius 1 is 0.784 bits per heavy atom. The maximum Gasteiger partial charge on any atom is 0.326 e. The molecule has 11 nitrogen and oxygen atoms in total. The minimum Gasteiger partial charge on any atom is -0.480 e. The molecule has 8 N–H and O–H groups in total. The molecular formula is C26H41N5O6. The number of nitrogens with two attached hydrogens (primary N) is 2. The van der Waals surface area contributed by atoms with Crippen molar-refractivity contribution in [3.8, 4) is 0 Å². The first-order chi connectivity index (χ1) is 17.3. The van der Waals surface area contributed by atoms with E-state index in [0.717, 1.165) is 5.56 Å². The van der Waals surface area contributed by atoms with Crippen molar-refractivity contribution < 1.29 is 29.1 Å². The molecule has 1 rings (SSSR count). The van der Waals surface area contributed by atoms with Gasteiger partial charge in [0.1, 0.15) is 18.1 Å². The van der Waals surface area contributed by atoms with Crippen molar-refractivity contribution in [3.63, 3.8) is 0 Å². The number of rotatable bonds is 16. The van der Waals surface area contributed by atoms with E-state index in [0.29, 0.717) is 6.42 Å². The molecule has 1 aromatic carbocycles. The van der Waals surface area contributed by atoms with Crippen LogP contribution in [0.15, 0.2) is 30.3 Å². The highest BCUT2D eigenvalue weighted by molar-refractivity contribution is 5.94. The minimum absolute atomic E-state index is 0.0217. The van der Waals surface area contributed by atoms with Gasteiger partial charge in [-0.15, -0.1) is 0 Å². The lowest BCUT2D eigenvalue weighted by Gasteiger charge is -2.26. The quantitative estimate of drug-likeness (QED) is 0.182. The van der Waals surface area contributed by atoms with Crippen LogP contribution in [0, 0.1) is 11.8 Å². The summed E-state index contributed by atoms with van der Waals surface area (Å²) in [7, 11) is 0. The maximum absolute atomic E-state index is 13.1. The van der Waals surface area contributed by atoms with Gasteiger partial charge in [-0.3, -0.25) is 19.2 Å². The number of benzene rings is 1. The SMILES string of the molecule is CC(C)CC(N)C(=O)NC(CCC(N)=O)C(=O)NC(CC(C)C)C(=O)NC(Cc1ccccc1)C(=O)O. The number of hydrogen-bond acceptors (Lipinski definition) is 6. The summed E-state index contributed by atoms with van der Waals surface area (Å²) in [4.78, 5) is 61.9. The second-order valence-electron chi connectivity index (χ2n) is 10.1. The second-order valence-corrected chi connectivity index (χ2v) is 10.1. The van der Waals surface area contributed by atoms with Crippen LogP contribution in [0.3, 0.4) is 0 Å². The fourth-order valence-corrected chi connectivity index (χ4v) is 3.75. The fraction of sp³-hybridized carbons (Fsp3) is 0.577. The van der Waals surface area contributed by atoms with Crippen molar-refractivity contribution in [3.05, 3.63) is 35.9 Å². The molecule has 0 fully saturated rings. The fourth-order valence-electron chi connectivity index (χ4n) is 3.75. The molecule has 0 heterocycles. The number of carboxylic acid groups (broad SMARTS) is 1. The highest BCUT2D eigenvalue weighted by Gasteiger charge is 2.31. The molecule has 0 aliphatic carbocycles. The molecule has 0 saturated heterocycles. The Morgan fingerprint density at radius 3 is 1.81 bits per heavy atom. The van der Waals surface area contributed by atoms with E-state index in [2.05, 4.69) is 16.0 Å². The predicted octanol–water partition coefficient (Wildman–Crippen LogP) is 0.453. The van der Waals surface area contributed by atoms with Gasteiger partial charge < -0.3 is 32.5 Å². The summed E-state index contributed by atoms with van der Waals surface area (Å²) >= 11 is 0. The molecule has 4 unspecified atom stereocenters. The first kappa shape index (κ1) is 31.6. The van der Waals surface area contributed by atoms with Gasteiger partial charge in [-0.1, -0.05) is 58.0 Å². The monoisotopic (exact) mass is 519 g/mol. The Morgan fingerprint density at radius 2 is 1.30 bits per heavy atom. The van der Waals surface area contributed by atoms with E-state index in [4.69, 9.17) is 11.5 Å². The van der Waals surface area contributed by atoms with Crippen LogP contribution in [0.25, 0.3) is 0 Å². The maximum atomic E-state index is 13.1. The summed E-state index contributed by atoms with van der Waals surface area (Å²) in [5.41, 5.74) is 11.9. The number of carboxylic acids is 1. The molecule has 0 aromatic heterocycles. The number of aliphatic carboxylic acids is 1. The van der Waals surface area contributed by atoms with E-state index in [1.807, 2.05) is 27.7 Å². The van der Waals surface area contributed by atoms with Crippen LogP contribution in [-0.2, 0) is 30.4 Å². The highest BCUT2D eigenvalue weighted by atomic mass is 16.4. The lowest BCUT2D eigenvalue weighted by Crippen LogP contribution is -2.57. The number of carbonyl (C=O) groups is 5. The van der Waals surface area contributed by atoms with Crippen LogP contribution in [0.2, 0.25) is 0 Å². The number of nitrogens with one attached hydrogen (secondary N) is 3. The summed E-state index contributed by atoms with van der Waals surface area (Å²) in [6.45, 7) is 7.51. The summed E-state index contributed by atoms with van der Waals surface area (Å²) < 4.78 is 0. The van der Waals surface area contributed by atoms with Gasteiger partial charge in [0.15, 0.2) is 0 Å². The van der Waals surface area contributed by atoms with E-state index in [-0.39, 0.29) is 37.5 Å². The molecule has 0 spiro atoms. The largest absolute Gasteiger partial charge is 0.480 e. The molecule has 0 radical (unpaired) electrons. The van der Waals surface area contributed by atoms with Crippen molar-refractivity contribution in [2.24, 2.45) is 23.3 Å². The lowest BCUT2D eigenvalue weighted by atomic mass is 10.00. The zero-order valence-electron chi connectivity index (χ0n) is 22.0. The molecule has 1 aromatic rings. The lowest BCUT2D eigenvalue weighted by molar-refractivity contribution is -0.142. The number of primary amides is 1. The summed E-state index contributed by atoms with van der Waals surface area (Å²) in [6.07, 6.45) is 0.431. The van der Waals surface area contributed by atoms with Crippen molar-refractivity contribution >= 4 is 29.6 Å². The van der Waals surface area contributed by atoms with Gasteiger partial charge in [0.05, 0.1) is 6.04 Å². The third-order valence-electron chi connectivity index (χ3n) is 5.61. The third kappa shape index (κ3) is 12.4. The van der Waals surface area contributed by atoms with Crippen LogP contribution in [0.5, 0.6) is 0 Å². The van der Waals surface area contributed by atoms with Crippen molar-refractivity contribution in [1.29, 1.82) is 0 Å². The minimum atomic E-state index is -1.21. The number of carbonyl (C=O) groups excluding carboxylic acids is 4. The molecule has 4 amide bonds. The molecule has 11 heteroatoms. The molecule has 0 bridgehead atoms. The van der Waals surface area contributed by atoms with E-state index >= 15 is 0 Å². The summed E-state index contributed by atoms with van der Waals surface area (Å²) in [5.74, 6) is -3.65. The second kappa shape index (κ2) is 15.6.